The molecule has 1 aromatic carbocycles. The van der Waals surface area contributed by atoms with Crippen LogP contribution in [0.25, 0.3) is 21.6 Å². The summed E-state index contributed by atoms with van der Waals surface area (Å²) in [6.45, 7) is 2.54. The molecule has 0 aliphatic carbocycles. The Labute approximate surface area is 395 Å². The van der Waals surface area contributed by atoms with Crippen LogP contribution in [0.4, 0.5) is 26.9 Å². The third-order valence-corrected chi connectivity index (χ3v) is 11.6. The van der Waals surface area contributed by atoms with E-state index in [2.05, 4.69) is 45.1 Å². The van der Waals surface area contributed by atoms with Gasteiger partial charge in [0.2, 0.25) is 0 Å². The van der Waals surface area contributed by atoms with Crippen molar-refractivity contribution >= 4 is 62.3 Å². The molecule has 6 rings (SSSR count). The van der Waals surface area contributed by atoms with Crippen LogP contribution < -0.4 is 27.8 Å². The topological polar surface area (TPSA) is 443 Å². The van der Waals surface area contributed by atoms with Crippen molar-refractivity contribution in [1.82, 2.24) is 39.7 Å². The lowest BCUT2D eigenvalue weighted by atomic mass is 10.1. The number of rotatable bonds is 20. The van der Waals surface area contributed by atoms with E-state index in [1.807, 2.05) is 0 Å². The average molecular weight is 1030 g/mol. The van der Waals surface area contributed by atoms with Crippen molar-refractivity contribution in [3.63, 3.8) is 0 Å². The Balaban J connectivity index is 1.18. The Morgan fingerprint density at radius 2 is 1.77 bits per heavy atom. The Kier molecular flexibility index (Phi) is 17.1. The summed E-state index contributed by atoms with van der Waals surface area (Å²) in [6.07, 6.45) is -9.95. The highest BCUT2D eigenvalue weighted by atomic mass is 31.2. The molecule has 3 aromatic heterocycles. The molecular weight excluding hydrogens is 976 g/mol. The monoisotopic (exact) mass is 1030 g/mol. The number of carbonyl (C=O) groups excluding carboxylic acids is 3. The van der Waals surface area contributed by atoms with E-state index in [1.54, 1.807) is 39.0 Å². The molecule has 9 atom stereocenters. The van der Waals surface area contributed by atoms with E-state index in [-0.39, 0.29) is 60.9 Å². The number of imidazole rings is 1. The number of aliphatic hydroxyl groups excluding tert-OH is 1. The summed E-state index contributed by atoms with van der Waals surface area (Å²) in [4.78, 5) is 100. The normalized spacial score (nSPS) is 22.6. The summed E-state index contributed by atoms with van der Waals surface area (Å²) in [6, 6.07) is 6.16. The number of hydrogen-bond acceptors (Lipinski definition) is 22. The van der Waals surface area contributed by atoms with E-state index < -0.39 is 107 Å². The molecule has 70 heavy (non-hydrogen) atoms. The number of anilines is 2. The minimum atomic E-state index is -5.30. The van der Waals surface area contributed by atoms with Crippen LogP contribution in [0.5, 0.6) is 0 Å². The first-order chi connectivity index (χ1) is 33.0. The third kappa shape index (κ3) is 14.4. The minimum Gasteiger partial charge on any atom is -0.455 e. The van der Waals surface area contributed by atoms with Gasteiger partial charge in [0, 0.05) is 29.8 Å². The minimum absolute atomic E-state index is 0.0153. The Morgan fingerprint density at radius 1 is 1.03 bits per heavy atom. The number of benzene rings is 1. The molecule has 2 aliphatic heterocycles. The Morgan fingerprint density at radius 3 is 2.49 bits per heavy atom. The number of azide groups is 1. The van der Waals surface area contributed by atoms with Crippen molar-refractivity contribution < 1.29 is 80.6 Å². The van der Waals surface area contributed by atoms with E-state index in [9.17, 15) is 48.1 Å². The number of fused-ring (bicyclic) bond motifs is 1. The lowest BCUT2D eigenvalue weighted by Crippen LogP contribution is -2.48. The number of phosphoric ester groups is 2. The van der Waals surface area contributed by atoms with Gasteiger partial charge in [-0.25, -0.2) is 43.3 Å². The summed E-state index contributed by atoms with van der Waals surface area (Å²) >= 11 is 0. The van der Waals surface area contributed by atoms with Crippen molar-refractivity contribution in [2.24, 2.45) is 5.11 Å². The molecule has 31 nitrogen and oxygen atoms in total. The number of alkyl carbamates (subject to hydrolysis) is 2. The van der Waals surface area contributed by atoms with Gasteiger partial charge in [-0.1, -0.05) is 29.4 Å². The third-order valence-electron chi connectivity index (χ3n) is 10.1. The van der Waals surface area contributed by atoms with Gasteiger partial charge in [-0.15, -0.1) is 0 Å². The van der Waals surface area contributed by atoms with E-state index >= 15 is 0 Å². The van der Waals surface area contributed by atoms with Gasteiger partial charge in [-0.05, 0) is 50.8 Å². The molecule has 0 spiro atoms. The second-order valence-electron chi connectivity index (χ2n) is 16.3. The van der Waals surface area contributed by atoms with Crippen molar-refractivity contribution in [1.29, 1.82) is 0 Å². The molecule has 10 N–H and O–H groups in total. The fourth-order valence-corrected chi connectivity index (χ4v) is 8.29. The highest BCUT2D eigenvalue weighted by Gasteiger charge is 2.50. The number of esters is 1. The van der Waals surface area contributed by atoms with Crippen LogP contribution in [-0.4, -0.2) is 129 Å². The van der Waals surface area contributed by atoms with Gasteiger partial charge in [0.15, 0.2) is 23.8 Å². The Hall–Kier alpha value is -6.33. The van der Waals surface area contributed by atoms with Gasteiger partial charge >= 0.3 is 39.5 Å². The van der Waals surface area contributed by atoms with Crippen molar-refractivity contribution in [3.8, 4) is 0 Å². The van der Waals surface area contributed by atoms with Crippen LogP contribution in [-0.2, 0) is 57.8 Å². The molecule has 2 amide bonds. The van der Waals surface area contributed by atoms with Crippen LogP contribution >= 0.6 is 15.6 Å². The van der Waals surface area contributed by atoms with Gasteiger partial charge in [-0.3, -0.25) is 22.7 Å². The zero-order valence-corrected chi connectivity index (χ0v) is 39.1. The standard InChI is InChI=1S/C37H49N13O18P2/c1-37(2,3)67-36(55)45-21(9-6-11-41-35(54)61-14-19-7-4-5-8-20(19)47-48-40)33(52)66-29-24(65-32(28(29)51)50-18-44-27-30(39)42-17-43-31(27)50)16-63-70(59,60)68-22-13-26(49-12-10-25(38)46-34(49)53)64-23(22)15-62-69(56,57)58/h4-5,7-8,10,12,17-18,21-24,26,28-29,32,51H,6,9,11,13-16H2,1-3H3,(H,41,54)(H,45,55)(H,59,60)(H2,38,46,53)(H2,39,42,43)(H2,56,57,58)/t21-,22-,23+,24+,26?,28+,29+,32+/m0/s1. The fourth-order valence-electron chi connectivity index (χ4n) is 6.99. The largest absolute Gasteiger partial charge is 0.472 e. The van der Waals surface area contributed by atoms with Gasteiger partial charge in [0.05, 0.1) is 19.5 Å². The first-order valence-electron chi connectivity index (χ1n) is 20.9. The zero-order chi connectivity index (χ0) is 51.0. The summed E-state index contributed by atoms with van der Waals surface area (Å²) in [7, 11) is -10.4. The SMILES string of the molecule is CC(C)(C)OC(=O)N[C@@H](CCCNC(=O)OCc1ccccc1N=[N+]=[N-])C(=O)O[C@H]1[C@@H](O)[C@H](n2cnc3c(N)ncnc32)O[C@@H]1COP(=O)(O)O[C@H]1CC(n2ccc(N)nc2=O)O[C@@H]1COP(=O)(O)O. The second kappa shape index (κ2) is 22.6. The molecule has 33 heteroatoms. The summed E-state index contributed by atoms with van der Waals surface area (Å²) in [5, 5.41) is 20.2. The van der Waals surface area contributed by atoms with Crippen LogP contribution in [0.2, 0.25) is 0 Å². The average Bonchev–Trinajstić information content (AvgIpc) is 3.97. The van der Waals surface area contributed by atoms with Crippen LogP contribution in [0.15, 0.2) is 59.1 Å². The van der Waals surface area contributed by atoms with E-state index in [4.69, 9.17) is 49.7 Å². The first kappa shape index (κ1) is 53.0. The number of hydrogen-bond donors (Lipinski definition) is 8. The number of nitrogens with zero attached hydrogens (tertiary/aromatic N) is 9. The lowest BCUT2D eigenvalue weighted by molar-refractivity contribution is -0.159. The van der Waals surface area contributed by atoms with Gasteiger partial charge in [0.1, 0.15) is 66.6 Å². The fraction of sp³-hybridized carbons (Fsp3) is 0.514. The van der Waals surface area contributed by atoms with E-state index in [0.717, 1.165) is 10.9 Å². The molecule has 0 saturated carbocycles. The number of nitrogens with two attached hydrogens (primary N) is 2. The molecule has 5 heterocycles. The quantitative estimate of drug-likeness (QED) is 0.0119. The van der Waals surface area contributed by atoms with E-state index in [0.29, 0.717) is 5.56 Å². The summed E-state index contributed by atoms with van der Waals surface area (Å²) < 4.78 is 70.8. The highest BCUT2D eigenvalue weighted by molar-refractivity contribution is 7.47. The van der Waals surface area contributed by atoms with Crippen LogP contribution in [0, 0.1) is 0 Å². The number of phosphoric acid groups is 2. The smallest absolute Gasteiger partial charge is 0.455 e. The van der Waals surface area contributed by atoms with Crippen molar-refractivity contribution in [2.75, 3.05) is 31.2 Å². The molecule has 2 aliphatic rings. The zero-order valence-electron chi connectivity index (χ0n) is 37.3. The van der Waals surface area contributed by atoms with Crippen molar-refractivity contribution in [2.45, 2.75) is 101 Å². The molecule has 0 radical (unpaired) electrons. The number of carbonyl (C=O) groups is 3. The number of nitrogen functional groups attached to an aromatic ring is 2. The first-order valence-corrected chi connectivity index (χ1v) is 23.9. The molecule has 2 fully saturated rings. The van der Waals surface area contributed by atoms with Crippen LogP contribution in [0.1, 0.15) is 58.1 Å². The second-order valence-corrected chi connectivity index (χ2v) is 18.9. The number of amides is 2. The number of nitrogens with one attached hydrogen (secondary N) is 2. The highest BCUT2D eigenvalue weighted by Crippen LogP contribution is 2.50. The van der Waals surface area contributed by atoms with Gasteiger partial charge in [-0.2, -0.15) is 4.98 Å². The van der Waals surface area contributed by atoms with Crippen LogP contribution in [0.3, 0.4) is 0 Å². The predicted molar refractivity (Wildman–Crippen MR) is 235 cm³/mol. The van der Waals surface area contributed by atoms with Crippen molar-refractivity contribution in [3.05, 3.63) is 75.7 Å². The number of aromatic nitrogens is 6. The molecule has 0 bridgehead atoms. The predicted octanol–water partition coefficient (Wildman–Crippen LogP) is 1.86. The van der Waals surface area contributed by atoms with Gasteiger partial charge in [0.25, 0.3) is 0 Å². The summed E-state index contributed by atoms with van der Waals surface area (Å²) in [5.41, 5.74) is 19.3. The maximum atomic E-state index is 14.1. The maximum Gasteiger partial charge on any atom is 0.472 e. The molecule has 380 valence electrons. The lowest BCUT2D eigenvalue weighted by Gasteiger charge is -2.26. The molecular formula is C37H49N13O18P2. The molecule has 2 saturated heterocycles. The number of ether oxygens (including phenoxy) is 5. The van der Waals surface area contributed by atoms with Gasteiger partial charge < -0.3 is 65.6 Å². The number of aliphatic hydroxyl groups is 1. The maximum absolute atomic E-state index is 14.1. The Bertz CT molecular complexity index is 2730. The molecule has 4 aromatic rings. The summed E-state index contributed by atoms with van der Waals surface area (Å²) in [5.74, 6) is -1.33. The van der Waals surface area contributed by atoms with E-state index in [1.165, 1.54) is 29.2 Å². The molecule has 2 unspecified atom stereocenters.